The summed E-state index contributed by atoms with van der Waals surface area (Å²) < 4.78 is 10.2. The molecule has 1 aliphatic rings. The predicted octanol–water partition coefficient (Wildman–Crippen LogP) is 0.663. The molecule has 0 radical (unpaired) electrons. The van der Waals surface area contributed by atoms with Crippen molar-refractivity contribution in [3.05, 3.63) is 27.8 Å². The highest BCUT2D eigenvalue weighted by Crippen LogP contribution is 2.39. The Kier molecular flexibility index (Phi) is 5.72. The first-order valence-corrected chi connectivity index (χ1v) is 7.10. The SMILES string of the molecule is COc1ccc(CO/N=C2\CNCC2CN)c([N+](=O)[O-])c1OC. The van der Waals surface area contributed by atoms with Crippen molar-refractivity contribution in [2.75, 3.05) is 33.9 Å². The normalized spacial score (nSPS) is 18.9. The van der Waals surface area contributed by atoms with Crippen molar-refractivity contribution in [3.8, 4) is 11.5 Å². The lowest BCUT2D eigenvalue weighted by molar-refractivity contribution is -0.386. The molecule has 1 fully saturated rings. The van der Waals surface area contributed by atoms with Gasteiger partial charge in [0.2, 0.25) is 5.75 Å². The van der Waals surface area contributed by atoms with E-state index in [-0.39, 0.29) is 29.7 Å². The van der Waals surface area contributed by atoms with Gasteiger partial charge in [-0.3, -0.25) is 10.1 Å². The average Bonchev–Trinajstić information content (AvgIpc) is 3.01. The molecule has 1 aromatic rings. The Bertz CT molecular complexity index is 605. The molecule has 23 heavy (non-hydrogen) atoms. The smallest absolute Gasteiger partial charge is 0.321 e. The number of hydrogen-bond donors (Lipinski definition) is 2. The third-order valence-electron chi connectivity index (χ3n) is 3.64. The summed E-state index contributed by atoms with van der Waals surface area (Å²) in [6.45, 7) is 1.80. The zero-order valence-electron chi connectivity index (χ0n) is 13.1. The Balaban J connectivity index is 2.19. The van der Waals surface area contributed by atoms with E-state index in [1.165, 1.54) is 14.2 Å². The molecule has 0 saturated carbocycles. The number of benzene rings is 1. The van der Waals surface area contributed by atoms with E-state index in [9.17, 15) is 10.1 Å². The summed E-state index contributed by atoms with van der Waals surface area (Å²) in [6, 6.07) is 3.16. The van der Waals surface area contributed by atoms with Crippen LogP contribution in [-0.2, 0) is 11.4 Å². The zero-order valence-corrected chi connectivity index (χ0v) is 13.1. The molecular formula is C14H20N4O5. The molecule has 0 amide bonds. The van der Waals surface area contributed by atoms with Gasteiger partial charge in [0.15, 0.2) is 5.75 Å². The van der Waals surface area contributed by atoms with Crippen LogP contribution < -0.4 is 20.5 Å². The van der Waals surface area contributed by atoms with Gasteiger partial charge in [-0.1, -0.05) is 5.16 Å². The van der Waals surface area contributed by atoms with E-state index in [1.54, 1.807) is 12.1 Å². The van der Waals surface area contributed by atoms with Gasteiger partial charge in [-0.15, -0.1) is 0 Å². The number of ether oxygens (including phenoxy) is 2. The second-order valence-electron chi connectivity index (χ2n) is 4.99. The van der Waals surface area contributed by atoms with Gasteiger partial charge >= 0.3 is 5.69 Å². The van der Waals surface area contributed by atoms with Crippen LogP contribution in [0.2, 0.25) is 0 Å². The van der Waals surface area contributed by atoms with Crippen molar-refractivity contribution in [1.29, 1.82) is 0 Å². The number of hydrogen-bond acceptors (Lipinski definition) is 8. The molecule has 3 N–H and O–H groups in total. The van der Waals surface area contributed by atoms with Crippen LogP contribution >= 0.6 is 0 Å². The van der Waals surface area contributed by atoms with E-state index in [0.717, 1.165) is 12.3 Å². The lowest BCUT2D eigenvalue weighted by Gasteiger charge is -2.11. The topological polar surface area (TPSA) is 121 Å². The van der Waals surface area contributed by atoms with Crippen molar-refractivity contribution in [2.45, 2.75) is 6.61 Å². The van der Waals surface area contributed by atoms with E-state index in [2.05, 4.69) is 10.5 Å². The lowest BCUT2D eigenvalue weighted by Crippen LogP contribution is -2.22. The third-order valence-corrected chi connectivity index (χ3v) is 3.64. The molecule has 0 aliphatic carbocycles. The van der Waals surface area contributed by atoms with Gasteiger partial charge < -0.3 is 25.4 Å². The predicted molar refractivity (Wildman–Crippen MR) is 83.8 cm³/mol. The summed E-state index contributed by atoms with van der Waals surface area (Å²) in [7, 11) is 2.77. The maximum atomic E-state index is 11.3. The fourth-order valence-electron chi connectivity index (χ4n) is 2.42. The Morgan fingerprint density at radius 2 is 2.22 bits per heavy atom. The van der Waals surface area contributed by atoms with Crippen LogP contribution in [0.25, 0.3) is 0 Å². The highest BCUT2D eigenvalue weighted by molar-refractivity contribution is 5.90. The molecule has 1 heterocycles. The summed E-state index contributed by atoms with van der Waals surface area (Å²) in [5, 5.41) is 18.5. The summed E-state index contributed by atoms with van der Waals surface area (Å²) in [6.07, 6.45) is 0. The molecule has 126 valence electrons. The first kappa shape index (κ1) is 17.0. The number of rotatable bonds is 7. The van der Waals surface area contributed by atoms with Crippen LogP contribution in [0.1, 0.15) is 5.56 Å². The maximum absolute atomic E-state index is 11.3. The molecule has 9 nitrogen and oxygen atoms in total. The van der Waals surface area contributed by atoms with Crippen LogP contribution in [0, 0.1) is 16.0 Å². The Morgan fingerprint density at radius 1 is 1.43 bits per heavy atom. The van der Waals surface area contributed by atoms with Crippen LogP contribution in [0.4, 0.5) is 5.69 Å². The molecule has 1 aromatic carbocycles. The minimum atomic E-state index is -0.521. The number of nitro groups is 1. The summed E-state index contributed by atoms with van der Waals surface area (Å²) in [5.74, 6) is 0.487. The fourth-order valence-corrected chi connectivity index (χ4v) is 2.42. The van der Waals surface area contributed by atoms with E-state index < -0.39 is 4.92 Å². The quantitative estimate of drug-likeness (QED) is 0.558. The van der Waals surface area contributed by atoms with Gasteiger partial charge in [-0.25, -0.2) is 0 Å². The van der Waals surface area contributed by atoms with Crippen LogP contribution in [0.3, 0.4) is 0 Å². The van der Waals surface area contributed by atoms with Crippen molar-refractivity contribution in [3.63, 3.8) is 0 Å². The molecule has 1 aliphatic heterocycles. The third kappa shape index (κ3) is 3.69. The number of methoxy groups -OCH3 is 2. The fraction of sp³-hybridized carbons (Fsp3) is 0.500. The summed E-state index contributed by atoms with van der Waals surface area (Å²) in [4.78, 5) is 16.1. The molecular weight excluding hydrogens is 304 g/mol. The minimum Gasteiger partial charge on any atom is -0.493 e. The molecule has 1 atom stereocenters. The second kappa shape index (κ2) is 7.75. The zero-order chi connectivity index (χ0) is 16.8. The molecule has 9 heteroatoms. The van der Waals surface area contributed by atoms with E-state index in [0.29, 0.717) is 18.7 Å². The van der Waals surface area contributed by atoms with Crippen LogP contribution in [-0.4, -0.2) is 44.5 Å². The lowest BCUT2D eigenvalue weighted by atomic mass is 10.1. The summed E-state index contributed by atoms with van der Waals surface area (Å²) in [5.41, 5.74) is 6.63. The summed E-state index contributed by atoms with van der Waals surface area (Å²) >= 11 is 0. The maximum Gasteiger partial charge on any atom is 0.321 e. The number of nitrogens with two attached hydrogens (primary N) is 1. The van der Waals surface area contributed by atoms with Crippen LogP contribution in [0.5, 0.6) is 11.5 Å². The van der Waals surface area contributed by atoms with Crippen molar-refractivity contribution in [1.82, 2.24) is 5.32 Å². The van der Waals surface area contributed by atoms with Crippen LogP contribution in [0.15, 0.2) is 17.3 Å². The van der Waals surface area contributed by atoms with Crippen molar-refractivity contribution >= 4 is 11.4 Å². The van der Waals surface area contributed by atoms with E-state index >= 15 is 0 Å². The first-order chi connectivity index (χ1) is 11.1. The monoisotopic (exact) mass is 324 g/mol. The van der Waals surface area contributed by atoms with Gasteiger partial charge in [-0.05, 0) is 12.1 Å². The Morgan fingerprint density at radius 3 is 2.83 bits per heavy atom. The Hall–Kier alpha value is -2.39. The molecule has 2 rings (SSSR count). The molecule has 0 spiro atoms. The first-order valence-electron chi connectivity index (χ1n) is 7.10. The number of nitrogens with one attached hydrogen (secondary N) is 1. The van der Waals surface area contributed by atoms with Gasteiger partial charge in [0.1, 0.15) is 6.61 Å². The molecule has 1 unspecified atom stereocenters. The standard InChI is InChI=1S/C14H20N4O5/c1-21-12-4-3-9(13(18(19)20)14(12)22-2)8-23-17-11-7-16-6-10(11)5-15/h3-4,10,16H,5-8,15H2,1-2H3/b17-11+. The second-order valence-corrected chi connectivity index (χ2v) is 4.99. The minimum absolute atomic E-state index is 0.0442. The van der Waals surface area contributed by atoms with Gasteiger partial charge in [-0.2, -0.15) is 0 Å². The van der Waals surface area contributed by atoms with Gasteiger partial charge in [0.25, 0.3) is 0 Å². The number of nitrogens with zero attached hydrogens (tertiary/aromatic N) is 2. The molecule has 0 aromatic heterocycles. The van der Waals surface area contributed by atoms with E-state index in [4.69, 9.17) is 20.0 Å². The van der Waals surface area contributed by atoms with Gasteiger partial charge in [0.05, 0.1) is 30.4 Å². The molecule has 0 bridgehead atoms. The number of nitro benzene ring substituents is 1. The van der Waals surface area contributed by atoms with Crippen molar-refractivity contribution in [2.24, 2.45) is 16.8 Å². The molecule has 1 saturated heterocycles. The number of oxime groups is 1. The van der Waals surface area contributed by atoms with E-state index in [1.807, 2.05) is 0 Å². The highest BCUT2D eigenvalue weighted by Gasteiger charge is 2.26. The Labute approximate surface area is 133 Å². The van der Waals surface area contributed by atoms with Crippen molar-refractivity contribution < 1.29 is 19.2 Å². The highest BCUT2D eigenvalue weighted by atomic mass is 16.6. The average molecular weight is 324 g/mol. The van der Waals surface area contributed by atoms with Gasteiger partial charge in [0, 0.05) is 25.6 Å². The largest absolute Gasteiger partial charge is 0.493 e.